The standard InChI is InChI=1S/C15H25NO3/c1-4-16(10-11-18-3)12-15(17)13-6-8-14(9-7-13)19-5-2/h6-9,15,17H,4-5,10-12H2,1-3H3. The van der Waals surface area contributed by atoms with E-state index in [-0.39, 0.29) is 0 Å². The van der Waals surface area contributed by atoms with E-state index >= 15 is 0 Å². The Labute approximate surface area is 115 Å². The molecule has 0 spiro atoms. The summed E-state index contributed by atoms with van der Waals surface area (Å²) >= 11 is 0. The quantitative estimate of drug-likeness (QED) is 0.744. The fraction of sp³-hybridized carbons (Fsp3) is 0.600. The molecular weight excluding hydrogens is 242 g/mol. The van der Waals surface area contributed by atoms with Crippen LogP contribution in [0, 0.1) is 0 Å². The maximum Gasteiger partial charge on any atom is 0.119 e. The Hall–Kier alpha value is -1.10. The van der Waals surface area contributed by atoms with Gasteiger partial charge in [-0.05, 0) is 31.2 Å². The molecule has 0 aliphatic heterocycles. The number of ether oxygens (including phenoxy) is 2. The Balaban J connectivity index is 2.53. The first-order valence-electron chi connectivity index (χ1n) is 6.83. The van der Waals surface area contributed by atoms with E-state index in [0.29, 0.717) is 19.8 Å². The number of rotatable bonds is 9. The van der Waals surface area contributed by atoms with E-state index < -0.39 is 6.10 Å². The summed E-state index contributed by atoms with van der Waals surface area (Å²) in [5, 5.41) is 10.2. The molecule has 0 aliphatic rings. The van der Waals surface area contributed by atoms with E-state index in [1.165, 1.54) is 0 Å². The Morgan fingerprint density at radius 2 is 1.89 bits per heavy atom. The molecular formula is C15H25NO3. The molecule has 1 N–H and O–H groups in total. The minimum atomic E-state index is -0.479. The van der Waals surface area contributed by atoms with Crippen LogP contribution in [0.25, 0.3) is 0 Å². The topological polar surface area (TPSA) is 41.9 Å². The van der Waals surface area contributed by atoms with Crippen LogP contribution in [-0.4, -0.2) is 50.0 Å². The first-order chi connectivity index (χ1) is 9.21. The van der Waals surface area contributed by atoms with Gasteiger partial charge in [0.05, 0.1) is 19.3 Å². The van der Waals surface area contributed by atoms with Crippen LogP contribution in [0.1, 0.15) is 25.5 Å². The second-order valence-electron chi connectivity index (χ2n) is 4.40. The lowest BCUT2D eigenvalue weighted by atomic mass is 10.1. The van der Waals surface area contributed by atoms with E-state index in [0.717, 1.165) is 24.4 Å². The molecule has 1 rings (SSSR count). The third-order valence-electron chi connectivity index (χ3n) is 3.07. The van der Waals surface area contributed by atoms with Crippen LogP contribution >= 0.6 is 0 Å². The smallest absolute Gasteiger partial charge is 0.119 e. The third-order valence-corrected chi connectivity index (χ3v) is 3.07. The number of nitrogens with zero attached hydrogens (tertiary/aromatic N) is 1. The minimum absolute atomic E-state index is 0.479. The Kier molecular flexibility index (Phi) is 7.48. The SMILES string of the molecule is CCOc1ccc(C(O)CN(CC)CCOC)cc1. The number of likely N-dealkylation sites (N-methyl/N-ethyl adjacent to an activating group) is 1. The molecule has 1 aromatic carbocycles. The zero-order chi connectivity index (χ0) is 14.1. The van der Waals surface area contributed by atoms with Crippen LogP contribution in [0.15, 0.2) is 24.3 Å². The highest BCUT2D eigenvalue weighted by Gasteiger charge is 2.12. The molecule has 0 saturated heterocycles. The number of aliphatic hydroxyl groups is 1. The molecule has 1 unspecified atom stereocenters. The number of benzene rings is 1. The lowest BCUT2D eigenvalue weighted by molar-refractivity contribution is 0.0920. The van der Waals surface area contributed by atoms with Crippen LogP contribution in [0.4, 0.5) is 0 Å². The van der Waals surface area contributed by atoms with Crippen molar-refractivity contribution in [2.75, 3.05) is 40.0 Å². The molecule has 0 amide bonds. The van der Waals surface area contributed by atoms with E-state index in [9.17, 15) is 5.11 Å². The molecule has 108 valence electrons. The van der Waals surface area contributed by atoms with Gasteiger partial charge < -0.3 is 14.6 Å². The van der Waals surface area contributed by atoms with Crippen LogP contribution in [0.3, 0.4) is 0 Å². The summed E-state index contributed by atoms with van der Waals surface area (Å²) < 4.78 is 10.5. The Bertz CT molecular complexity index is 340. The van der Waals surface area contributed by atoms with Crippen molar-refractivity contribution in [1.82, 2.24) is 4.90 Å². The largest absolute Gasteiger partial charge is 0.494 e. The maximum absolute atomic E-state index is 10.2. The lowest BCUT2D eigenvalue weighted by Gasteiger charge is -2.23. The molecule has 0 fully saturated rings. The molecule has 0 aromatic heterocycles. The van der Waals surface area contributed by atoms with Crippen molar-refractivity contribution in [1.29, 1.82) is 0 Å². The predicted octanol–water partition coefficient (Wildman–Crippen LogP) is 2.09. The summed E-state index contributed by atoms with van der Waals surface area (Å²) in [6.07, 6.45) is -0.479. The van der Waals surface area contributed by atoms with Gasteiger partial charge in [0, 0.05) is 20.2 Å². The first kappa shape index (κ1) is 16.0. The second kappa shape index (κ2) is 8.91. The van der Waals surface area contributed by atoms with E-state index in [1.807, 2.05) is 31.2 Å². The molecule has 4 nitrogen and oxygen atoms in total. The lowest BCUT2D eigenvalue weighted by Crippen LogP contribution is -2.31. The van der Waals surface area contributed by atoms with Gasteiger partial charge in [-0.15, -0.1) is 0 Å². The minimum Gasteiger partial charge on any atom is -0.494 e. The number of hydrogen-bond acceptors (Lipinski definition) is 4. The average Bonchev–Trinajstić information content (AvgIpc) is 2.44. The molecule has 4 heteroatoms. The highest BCUT2D eigenvalue weighted by atomic mass is 16.5. The van der Waals surface area contributed by atoms with Gasteiger partial charge in [-0.25, -0.2) is 0 Å². The van der Waals surface area contributed by atoms with Gasteiger partial charge in [0.25, 0.3) is 0 Å². The summed E-state index contributed by atoms with van der Waals surface area (Å²) in [5.74, 6) is 0.838. The average molecular weight is 267 g/mol. The van der Waals surface area contributed by atoms with Crippen molar-refractivity contribution in [3.05, 3.63) is 29.8 Å². The van der Waals surface area contributed by atoms with E-state index in [1.54, 1.807) is 7.11 Å². The van der Waals surface area contributed by atoms with Gasteiger partial charge in [-0.2, -0.15) is 0 Å². The van der Waals surface area contributed by atoms with Crippen LogP contribution in [0.5, 0.6) is 5.75 Å². The number of hydrogen-bond donors (Lipinski definition) is 1. The van der Waals surface area contributed by atoms with Gasteiger partial charge in [0.2, 0.25) is 0 Å². The Morgan fingerprint density at radius 1 is 1.21 bits per heavy atom. The van der Waals surface area contributed by atoms with Crippen LogP contribution in [-0.2, 0) is 4.74 Å². The molecule has 1 atom stereocenters. The van der Waals surface area contributed by atoms with Crippen molar-refractivity contribution in [2.24, 2.45) is 0 Å². The molecule has 0 radical (unpaired) electrons. The van der Waals surface area contributed by atoms with Gasteiger partial charge in [-0.3, -0.25) is 4.90 Å². The first-order valence-corrected chi connectivity index (χ1v) is 6.83. The fourth-order valence-corrected chi connectivity index (χ4v) is 1.90. The van der Waals surface area contributed by atoms with Crippen LogP contribution in [0.2, 0.25) is 0 Å². The van der Waals surface area contributed by atoms with Crippen molar-refractivity contribution < 1.29 is 14.6 Å². The highest BCUT2D eigenvalue weighted by molar-refractivity contribution is 5.28. The molecule has 0 aliphatic carbocycles. The zero-order valence-electron chi connectivity index (χ0n) is 12.1. The number of aliphatic hydroxyl groups excluding tert-OH is 1. The molecule has 0 bridgehead atoms. The van der Waals surface area contributed by atoms with Gasteiger partial charge in [0.15, 0.2) is 0 Å². The van der Waals surface area contributed by atoms with E-state index in [4.69, 9.17) is 9.47 Å². The van der Waals surface area contributed by atoms with Gasteiger partial charge in [-0.1, -0.05) is 19.1 Å². The molecule has 19 heavy (non-hydrogen) atoms. The second-order valence-corrected chi connectivity index (χ2v) is 4.40. The van der Waals surface area contributed by atoms with Gasteiger partial charge >= 0.3 is 0 Å². The normalized spacial score (nSPS) is 12.7. The van der Waals surface area contributed by atoms with Crippen LogP contribution < -0.4 is 4.74 Å². The summed E-state index contributed by atoms with van der Waals surface area (Å²) in [6, 6.07) is 7.63. The monoisotopic (exact) mass is 267 g/mol. The molecule has 1 aromatic rings. The zero-order valence-corrected chi connectivity index (χ0v) is 12.1. The van der Waals surface area contributed by atoms with Gasteiger partial charge in [0.1, 0.15) is 5.75 Å². The molecule has 0 saturated carbocycles. The summed E-state index contributed by atoms with van der Waals surface area (Å²) in [6.45, 7) is 7.73. The third kappa shape index (κ3) is 5.59. The van der Waals surface area contributed by atoms with Crippen molar-refractivity contribution in [3.63, 3.8) is 0 Å². The van der Waals surface area contributed by atoms with Crippen molar-refractivity contribution in [2.45, 2.75) is 20.0 Å². The van der Waals surface area contributed by atoms with Crippen molar-refractivity contribution in [3.8, 4) is 5.75 Å². The predicted molar refractivity (Wildman–Crippen MR) is 76.6 cm³/mol. The van der Waals surface area contributed by atoms with E-state index in [2.05, 4.69) is 11.8 Å². The Morgan fingerprint density at radius 3 is 2.42 bits per heavy atom. The summed E-state index contributed by atoms with van der Waals surface area (Å²) in [7, 11) is 1.69. The highest BCUT2D eigenvalue weighted by Crippen LogP contribution is 2.18. The van der Waals surface area contributed by atoms with Crippen molar-refractivity contribution >= 4 is 0 Å². The molecule has 0 heterocycles. The number of methoxy groups -OCH3 is 1. The summed E-state index contributed by atoms with van der Waals surface area (Å²) in [4.78, 5) is 2.17. The maximum atomic E-state index is 10.2. The summed E-state index contributed by atoms with van der Waals surface area (Å²) in [5.41, 5.74) is 0.916. The fourth-order valence-electron chi connectivity index (χ4n) is 1.90.